The average molecular weight is 346 g/mol. The van der Waals surface area contributed by atoms with Crippen LogP contribution in [0.4, 0.5) is 4.39 Å². The van der Waals surface area contributed by atoms with E-state index in [2.05, 4.69) is 31.7 Å². The van der Waals surface area contributed by atoms with E-state index in [4.69, 9.17) is 5.84 Å². The third-order valence-electron chi connectivity index (χ3n) is 2.59. The second-order valence-corrected chi connectivity index (χ2v) is 5.72. The molecule has 102 valence electrons. The van der Waals surface area contributed by atoms with Crippen molar-refractivity contribution in [3.05, 3.63) is 40.4 Å². The van der Waals surface area contributed by atoms with E-state index in [1.54, 1.807) is 35.6 Å². The molecule has 0 bridgehead atoms. The molecule has 0 aliphatic heterocycles. The molecule has 1 atom stereocenters. The van der Waals surface area contributed by atoms with Gasteiger partial charge in [-0.05, 0) is 40.2 Å². The predicted molar refractivity (Wildman–Crippen MR) is 75.9 cm³/mol. The monoisotopic (exact) mass is 345 g/mol. The zero-order chi connectivity index (χ0) is 13.8. The third kappa shape index (κ3) is 3.53. The number of benzene rings is 1. The highest BCUT2D eigenvalue weighted by atomic mass is 79.9. The molecule has 1 aromatic carbocycles. The molecular formula is C11H13BrFN5S. The highest BCUT2D eigenvalue weighted by Crippen LogP contribution is 2.27. The van der Waals surface area contributed by atoms with Crippen LogP contribution in [0.2, 0.25) is 0 Å². The van der Waals surface area contributed by atoms with Crippen molar-refractivity contribution < 1.29 is 4.39 Å². The minimum absolute atomic E-state index is 0.107. The number of rotatable bonds is 5. The molecule has 0 spiro atoms. The van der Waals surface area contributed by atoms with Gasteiger partial charge in [-0.1, -0.05) is 5.21 Å². The molecular weight excluding hydrogens is 333 g/mol. The first-order valence-electron chi connectivity index (χ1n) is 5.51. The standard InChI is InChI=1S/C11H13BrFN5S/c1-18-10(11(12)16-17-18)9(15-14)6-19-8-4-2-7(13)3-5-8/h2-5,9,15H,6,14H2,1H3. The minimum Gasteiger partial charge on any atom is -0.271 e. The topological polar surface area (TPSA) is 68.8 Å². The van der Waals surface area contributed by atoms with Crippen LogP contribution < -0.4 is 11.3 Å². The zero-order valence-electron chi connectivity index (χ0n) is 10.2. The van der Waals surface area contributed by atoms with Gasteiger partial charge >= 0.3 is 0 Å². The Bertz CT molecular complexity index is 525. The van der Waals surface area contributed by atoms with E-state index < -0.39 is 0 Å². The maximum atomic E-state index is 12.8. The van der Waals surface area contributed by atoms with Gasteiger partial charge in [-0.25, -0.2) is 9.07 Å². The lowest BCUT2D eigenvalue weighted by molar-refractivity contribution is 0.549. The van der Waals surface area contributed by atoms with Gasteiger partial charge in [-0.15, -0.1) is 16.9 Å². The first kappa shape index (κ1) is 14.4. The van der Waals surface area contributed by atoms with Crippen molar-refractivity contribution in [2.75, 3.05) is 5.75 Å². The predicted octanol–water partition coefficient (Wildman–Crippen LogP) is 2.01. The first-order valence-corrected chi connectivity index (χ1v) is 7.29. The summed E-state index contributed by atoms with van der Waals surface area (Å²) in [5.41, 5.74) is 3.61. The van der Waals surface area contributed by atoms with Crippen LogP contribution in [0.3, 0.4) is 0 Å². The second kappa shape index (κ2) is 6.47. The molecule has 0 amide bonds. The molecule has 3 N–H and O–H groups in total. The highest BCUT2D eigenvalue weighted by molar-refractivity contribution is 9.10. The van der Waals surface area contributed by atoms with Gasteiger partial charge in [0.05, 0.1) is 11.7 Å². The maximum Gasteiger partial charge on any atom is 0.153 e. The van der Waals surface area contributed by atoms with E-state index in [-0.39, 0.29) is 11.9 Å². The Morgan fingerprint density at radius 2 is 2.16 bits per heavy atom. The van der Waals surface area contributed by atoms with Gasteiger partial charge in [0.15, 0.2) is 4.60 Å². The van der Waals surface area contributed by atoms with Crippen molar-refractivity contribution in [1.82, 2.24) is 20.4 Å². The van der Waals surface area contributed by atoms with Gasteiger partial charge in [0, 0.05) is 17.7 Å². The molecule has 5 nitrogen and oxygen atoms in total. The molecule has 0 fully saturated rings. The van der Waals surface area contributed by atoms with Gasteiger partial charge in [0.2, 0.25) is 0 Å². The third-order valence-corrected chi connectivity index (χ3v) is 4.26. The van der Waals surface area contributed by atoms with Crippen molar-refractivity contribution in [1.29, 1.82) is 0 Å². The Kier molecular flexibility index (Phi) is 4.92. The molecule has 0 aliphatic rings. The van der Waals surface area contributed by atoms with Gasteiger partial charge in [-0.2, -0.15) is 0 Å². The number of nitrogens with one attached hydrogen (secondary N) is 1. The molecule has 0 saturated heterocycles. The number of aryl methyl sites for hydroxylation is 1. The van der Waals surface area contributed by atoms with Crippen LogP contribution in [-0.4, -0.2) is 20.7 Å². The summed E-state index contributed by atoms with van der Waals surface area (Å²) < 4.78 is 15.1. The summed E-state index contributed by atoms with van der Waals surface area (Å²) >= 11 is 4.92. The van der Waals surface area contributed by atoms with E-state index in [0.29, 0.717) is 10.4 Å². The quantitative estimate of drug-likeness (QED) is 0.493. The number of hydrogen-bond donors (Lipinski definition) is 2. The summed E-state index contributed by atoms with van der Waals surface area (Å²) in [5.74, 6) is 6.02. The number of thioether (sulfide) groups is 1. The number of nitrogens with zero attached hydrogens (tertiary/aromatic N) is 3. The number of hydrazine groups is 1. The van der Waals surface area contributed by atoms with Crippen molar-refractivity contribution in [2.45, 2.75) is 10.9 Å². The normalized spacial score (nSPS) is 12.6. The fourth-order valence-corrected chi connectivity index (χ4v) is 3.17. The van der Waals surface area contributed by atoms with Crippen molar-refractivity contribution in [3.63, 3.8) is 0 Å². The Morgan fingerprint density at radius 3 is 2.68 bits per heavy atom. The average Bonchev–Trinajstić information content (AvgIpc) is 2.73. The summed E-state index contributed by atoms with van der Waals surface area (Å²) in [4.78, 5) is 0.980. The number of nitrogens with two attached hydrogens (primary N) is 1. The smallest absolute Gasteiger partial charge is 0.153 e. The first-order chi connectivity index (χ1) is 9.11. The van der Waals surface area contributed by atoms with Crippen molar-refractivity contribution in [3.8, 4) is 0 Å². The fraction of sp³-hybridized carbons (Fsp3) is 0.273. The highest BCUT2D eigenvalue weighted by Gasteiger charge is 2.19. The number of aromatic nitrogens is 3. The van der Waals surface area contributed by atoms with Crippen LogP contribution in [0.1, 0.15) is 11.7 Å². The van der Waals surface area contributed by atoms with Gasteiger partial charge in [-0.3, -0.25) is 11.3 Å². The second-order valence-electron chi connectivity index (χ2n) is 3.87. The van der Waals surface area contributed by atoms with E-state index in [9.17, 15) is 4.39 Å². The zero-order valence-corrected chi connectivity index (χ0v) is 12.6. The Hall–Kier alpha value is -0.960. The Morgan fingerprint density at radius 1 is 1.47 bits per heavy atom. The molecule has 1 heterocycles. The maximum absolute atomic E-state index is 12.8. The van der Waals surface area contributed by atoms with Crippen LogP contribution in [0.5, 0.6) is 0 Å². The summed E-state index contributed by atoms with van der Waals surface area (Å²) in [7, 11) is 1.81. The van der Waals surface area contributed by atoms with Crippen molar-refractivity contribution >= 4 is 27.7 Å². The molecule has 1 aromatic heterocycles. The lowest BCUT2D eigenvalue weighted by Gasteiger charge is -2.15. The molecule has 0 radical (unpaired) electrons. The lowest BCUT2D eigenvalue weighted by atomic mass is 10.3. The van der Waals surface area contributed by atoms with Crippen LogP contribution in [-0.2, 0) is 7.05 Å². The van der Waals surface area contributed by atoms with Crippen LogP contribution in [0, 0.1) is 5.82 Å². The summed E-state index contributed by atoms with van der Waals surface area (Å²) in [6.45, 7) is 0. The Labute approximate surface area is 122 Å². The lowest BCUT2D eigenvalue weighted by Crippen LogP contribution is -2.31. The van der Waals surface area contributed by atoms with E-state index >= 15 is 0 Å². The van der Waals surface area contributed by atoms with Crippen LogP contribution in [0.25, 0.3) is 0 Å². The Balaban J connectivity index is 2.06. The van der Waals surface area contributed by atoms with Gasteiger partial charge < -0.3 is 0 Å². The molecule has 1 unspecified atom stereocenters. The van der Waals surface area contributed by atoms with E-state index in [1.807, 2.05) is 0 Å². The summed E-state index contributed by atoms with van der Waals surface area (Å²) in [6, 6.07) is 6.25. The fourth-order valence-electron chi connectivity index (χ4n) is 1.62. The molecule has 2 aromatic rings. The number of hydrogen-bond acceptors (Lipinski definition) is 5. The molecule has 8 heteroatoms. The van der Waals surface area contributed by atoms with Gasteiger partial charge in [0.25, 0.3) is 0 Å². The molecule has 2 rings (SSSR count). The summed E-state index contributed by atoms with van der Waals surface area (Å²) in [5, 5.41) is 7.84. The SMILES string of the molecule is Cn1nnc(Br)c1C(CSc1ccc(F)cc1)NN. The van der Waals surface area contributed by atoms with Gasteiger partial charge in [0.1, 0.15) is 5.82 Å². The van der Waals surface area contributed by atoms with E-state index in [1.165, 1.54) is 12.1 Å². The van der Waals surface area contributed by atoms with Crippen LogP contribution >= 0.6 is 27.7 Å². The summed E-state index contributed by atoms with van der Waals surface area (Å²) in [6.07, 6.45) is 0. The molecule has 0 aliphatic carbocycles. The van der Waals surface area contributed by atoms with Crippen LogP contribution in [0.15, 0.2) is 33.8 Å². The van der Waals surface area contributed by atoms with E-state index in [0.717, 1.165) is 10.6 Å². The minimum atomic E-state index is -0.239. The largest absolute Gasteiger partial charge is 0.271 e. The molecule has 19 heavy (non-hydrogen) atoms. The molecule has 0 saturated carbocycles. The number of halogens is 2. The van der Waals surface area contributed by atoms with Crippen molar-refractivity contribution in [2.24, 2.45) is 12.9 Å².